The van der Waals surface area contributed by atoms with Crippen LogP contribution in [0.3, 0.4) is 0 Å². The van der Waals surface area contributed by atoms with Crippen molar-refractivity contribution in [3.05, 3.63) is 17.1 Å². The van der Waals surface area contributed by atoms with E-state index in [9.17, 15) is 5.11 Å². The van der Waals surface area contributed by atoms with Crippen LogP contribution >= 0.6 is 11.3 Å². The molecular weight excluding hydrogens is 270 g/mol. The van der Waals surface area contributed by atoms with Crippen molar-refractivity contribution in [2.45, 2.75) is 39.7 Å². The quantitative estimate of drug-likeness (QED) is 0.803. The zero-order valence-corrected chi connectivity index (χ0v) is 13.2. The van der Waals surface area contributed by atoms with Crippen molar-refractivity contribution in [1.29, 1.82) is 0 Å². The lowest BCUT2D eigenvalue weighted by Crippen LogP contribution is -2.37. The molecule has 0 unspecified atom stereocenters. The molecule has 0 aliphatic carbocycles. The van der Waals surface area contributed by atoms with Crippen LogP contribution in [-0.4, -0.2) is 29.3 Å². The normalized spacial score (nSPS) is 11.4. The Morgan fingerprint density at radius 3 is 2.65 bits per heavy atom. The van der Waals surface area contributed by atoms with Crippen LogP contribution in [0.25, 0.3) is 10.2 Å². The minimum absolute atomic E-state index is 0.129. The number of hydrogen-bond donors (Lipinski definition) is 2. The number of nitrogens with zero attached hydrogens (tertiary/aromatic N) is 2. The van der Waals surface area contributed by atoms with Gasteiger partial charge >= 0.3 is 0 Å². The minimum Gasteiger partial charge on any atom is -0.397 e. The van der Waals surface area contributed by atoms with Gasteiger partial charge in [-0.3, -0.25) is 0 Å². The van der Waals surface area contributed by atoms with Crippen molar-refractivity contribution < 1.29 is 5.11 Å². The van der Waals surface area contributed by atoms with E-state index < -0.39 is 0 Å². The molecule has 1 aromatic heterocycles. The van der Waals surface area contributed by atoms with Crippen LogP contribution in [0.4, 0.5) is 11.4 Å². The van der Waals surface area contributed by atoms with Crippen LogP contribution in [0.5, 0.6) is 0 Å². The number of benzene rings is 1. The van der Waals surface area contributed by atoms with E-state index in [1.165, 1.54) is 0 Å². The van der Waals surface area contributed by atoms with Crippen molar-refractivity contribution in [3.63, 3.8) is 0 Å². The number of aliphatic hydroxyl groups excluding tert-OH is 1. The molecule has 3 N–H and O–H groups in total. The molecule has 1 aromatic carbocycles. The molecule has 0 aliphatic rings. The Hall–Kier alpha value is -1.33. The summed E-state index contributed by atoms with van der Waals surface area (Å²) in [6.45, 7) is 7.07. The van der Waals surface area contributed by atoms with E-state index in [1.54, 1.807) is 11.3 Å². The number of nitrogens with two attached hydrogens (primary N) is 1. The Labute approximate surface area is 124 Å². The first-order valence-electron chi connectivity index (χ1n) is 7.14. The van der Waals surface area contributed by atoms with E-state index in [4.69, 9.17) is 5.73 Å². The molecule has 0 spiro atoms. The topological polar surface area (TPSA) is 62.4 Å². The lowest BCUT2D eigenvalue weighted by molar-refractivity contribution is 0.296. The fourth-order valence-electron chi connectivity index (χ4n) is 2.68. The van der Waals surface area contributed by atoms with Gasteiger partial charge in [-0.15, -0.1) is 11.3 Å². The van der Waals surface area contributed by atoms with Gasteiger partial charge in [-0.25, -0.2) is 4.98 Å². The van der Waals surface area contributed by atoms with Crippen LogP contribution in [0.15, 0.2) is 12.1 Å². The number of hydrogen-bond acceptors (Lipinski definition) is 5. The first kappa shape index (κ1) is 15.1. The number of aromatic nitrogens is 1. The summed E-state index contributed by atoms with van der Waals surface area (Å²) in [6.07, 6.45) is 2.06. The summed E-state index contributed by atoms with van der Waals surface area (Å²) in [5.41, 5.74) is 8.98. The van der Waals surface area contributed by atoms with Gasteiger partial charge in [-0.1, -0.05) is 13.8 Å². The van der Waals surface area contributed by atoms with E-state index in [-0.39, 0.29) is 6.61 Å². The second-order valence-corrected chi connectivity index (χ2v) is 6.23. The van der Waals surface area contributed by atoms with E-state index in [2.05, 4.69) is 29.8 Å². The van der Waals surface area contributed by atoms with Crippen LogP contribution in [0.1, 0.15) is 31.7 Å². The summed E-state index contributed by atoms with van der Waals surface area (Å²) >= 11 is 1.66. The molecule has 0 amide bonds. The molecule has 2 rings (SSSR count). The maximum Gasteiger partial charge on any atom is 0.0907 e. The summed E-state index contributed by atoms with van der Waals surface area (Å²) in [5, 5.41) is 10.4. The third-order valence-corrected chi connectivity index (χ3v) is 4.61. The minimum atomic E-state index is 0.129. The zero-order valence-electron chi connectivity index (χ0n) is 12.4. The monoisotopic (exact) mass is 293 g/mol. The molecule has 0 aliphatic heterocycles. The SMILES string of the molecule is CCC(CC)N(CCO)c1cc2nc(C)sc2cc1N. The van der Waals surface area contributed by atoms with E-state index in [0.29, 0.717) is 12.6 Å². The highest BCUT2D eigenvalue weighted by molar-refractivity contribution is 7.18. The van der Waals surface area contributed by atoms with E-state index >= 15 is 0 Å². The molecule has 1 heterocycles. The average molecular weight is 293 g/mol. The first-order chi connectivity index (χ1) is 9.60. The maximum atomic E-state index is 9.35. The van der Waals surface area contributed by atoms with Gasteiger partial charge in [0.1, 0.15) is 0 Å². The highest BCUT2D eigenvalue weighted by Crippen LogP contribution is 2.33. The van der Waals surface area contributed by atoms with Crippen LogP contribution in [0.2, 0.25) is 0 Å². The summed E-state index contributed by atoms with van der Waals surface area (Å²) < 4.78 is 1.12. The van der Waals surface area contributed by atoms with Gasteiger partial charge in [0.05, 0.1) is 33.2 Å². The Morgan fingerprint density at radius 2 is 2.05 bits per heavy atom. The molecule has 4 nitrogen and oxygen atoms in total. The smallest absolute Gasteiger partial charge is 0.0907 e. The summed E-state index contributed by atoms with van der Waals surface area (Å²) in [5.74, 6) is 0. The van der Waals surface area contributed by atoms with E-state index in [1.807, 2.05) is 13.0 Å². The molecule has 2 aromatic rings. The second kappa shape index (κ2) is 6.41. The van der Waals surface area contributed by atoms with Crippen molar-refractivity contribution in [3.8, 4) is 0 Å². The molecule has 0 saturated carbocycles. The third kappa shape index (κ3) is 2.88. The first-order valence-corrected chi connectivity index (χ1v) is 7.96. The van der Waals surface area contributed by atoms with Gasteiger partial charge < -0.3 is 15.7 Å². The van der Waals surface area contributed by atoms with E-state index in [0.717, 1.165) is 39.4 Å². The standard InChI is InChI=1S/C15H23N3OS/c1-4-11(5-2)18(6-7-19)14-9-13-15(8-12(14)16)20-10(3)17-13/h8-9,11,19H,4-7,16H2,1-3H3. The number of aryl methyl sites for hydroxylation is 1. The summed E-state index contributed by atoms with van der Waals surface area (Å²) in [4.78, 5) is 6.75. The molecule has 0 bridgehead atoms. The summed E-state index contributed by atoms with van der Waals surface area (Å²) in [7, 11) is 0. The van der Waals surface area contributed by atoms with Gasteiger partial charge in [-0.2, -0.15) is 0 Å². The number of anilines is 2. The highest BCUT2D eigenvalue weighted by Gasteiger charge is 2.18. The fourth-order valence-corrected chi connectivity index (χ4v) is 3.54. The molecule has 20 heavy (non-hydrogen) atoms. The van der Waals surface area contributed by atoms with Crippen LogP contribution in [-0.2, 0) is 0 Å². The summed E-state index contributed by atoms with van der Waals surface area (Å²) in [6, 6.07) is 4.45. The molecule has 0 saturated heterocycles. The Morgan fingerprint density at radius 1 is 1.35 bits per heavy atom. The second-order valence-electron chi connectivity index (χ2n) is 5.00. The van der Waals surface area contributed by atoms with Crippen molar-refractivity contribution >= 4 is 32.9 Å². The lowest BCUT2D eigenvalue weighted by Gasteiger charge is -2.33. The number of thiazole rings is 1. The number of aliphatic hydroxyl groups is 1. The average Bonchev–Trinajstić information content (AvgIpc) is 2.77. The predicted octanol–water partition coefficient (Wildman–Crippen LogP) is 3.17. The third-order valence-electron chi connectivity index (χ3n) is 3.68. The molecular formula is C15H23N3OS. The van der Waals surface area contributed by atoms with Crippen molar-refractivity contribution in [1.82, 2.24) is 4.98 Å². The fraction of sp³-hybridized carbons (Fsp3) is 0.533. The molecule has 110 valence electrons. The van der Waals surface area contributed by atoms with Crippen molar-refractivity contribution in [2.75, 3.05) is 23.8 Å². The van der Waals surface area contributed by atoms with Crippen LogP contribution < -0.4 is 10.6 Å². The number of nitrogen functional groups attached to an aromatic ring is 1. The molecule has 5 heteroatoms. The Bertz CT molecular complexity index is 578. The van der Waals surface area contributed by atoms with Gasteiger partial charge in [-0.05, 0) is 31.9 Å². The predicted molar refractivity (Wildman–Crippen MR) is 87.6 cm³/mol. The van der Waals surface area contributed by atoms with Gasteiger partial charge in [0.25, 0.3) is 0 Å². The molecule has 0 radical (unpaired) electrons. The van der Waals surface area contributed by atoms with Crippen molar-refractivity contribution in [2.24, 2.45) is 0 Å². The maximum absolute atomic E-state index is 9.35. The Kier molecular flexibility index (Phi) is 4.83. The van der Waals surface area contributed by atoms with Gasteiger partial charge in [0, 0.05) is 12.6 Å². The zero-order chi connectivity index (χ0) is 14.7. The van der Waals surface area contributed by atoms with Gasteiger partial charge in [0.15, 0.2) is 0 Å². The number of fused-ring (bicyclic) bond motifs is 1. The highest BCUT2D eigenvalue weighted by atomic mass is 32.1. The lowest BCUT2D eigenvalue weighted by atomic mass is 10.1. The molecule has 0 fully saturated rings. The van der Waals surface area contributed by atoms with Gasteiger partial charge in [0.2, 0.25) is 0 Å². The molecule has 0 atom stereocenters. The van der Waals surface area contributed by atoms with Crippen LogP contribution in [0, 0.1) is 6.92 Å². The number of rotatable bonds is 6. The Balaban J connectivity index is 2.48. The largest absolute Gasteiger partial charge is 0.397 e.